The summed E-state index contributed by atoms with van der Waals surface area (Å²) in [7, 11) is 0. The Hall–Kier alpha value is -1.59. The molecule has 0 bridgehead atoms. The molecule has 25 heavy (non-hydrogen) atoms. The third kappa shape index (κ3) is 7.04. The maximum Gasteiger partial charge on any atom is 0.315 e. The number of carbonyl (C=O) groups is 1. The number of benzene rings is 1. The highest BCUT2D eigenvalue weighted by atomic mass is 16.3. The molecule has 1 heterocycles. The Bertz CT molecular complexity index is 527. The summed E-state index contributed by atoms with van der Waals surface area (Å²) in [6.07, 6.45) is 3.98. The number of amides is 2. The smallest absolute Gasteiger partial charge is 0.315 e. The van der Waals surface area contributed by atoms with Crippen LogP contribution in [0.2, 0.25) is 0 Å². The Balaban J connectivity index is 1.79. The first kappa shape index (κ1) is 19.7. The number of urea groups is 1. The summed E-state index contributed by atoms with van der Waals surface area (Å²) >= 11 is 0. The van der Waals surface area contributed by atoms with Gasteiger partial charge in [-0.15, -0.1) is 0 Å². The zero-order valence-electron chi connectivity index (χ0n) is 15.6. The minimum atomic E-state index is -0.171. The standard InChI is InChI=1S/C20H33N3O2/c1-3-19(9-12-24)22-20(25)21-14-17-5-4-6-18(13-17)15-23-10-7-16(2)8-11-23/h4-6,13,16,19,24H,3,7-12,14-15H2,1-2H3,(H2,21,22,25). The van der Waals surface area contributed by atoms with Crippen LogP contribution in [0.5, 0.6) is 0 Å². The number of aliphatic hydroxyl groups is 1. The summed E-state index contributed by atoms with van der Waals surface area (Å²) in [6, 6.07) is 8.32. The normalized spacial score (nSPS) is 17.2. The van der Waals surface area contributed by atoms with E-state index in [-0.39, 0.29) is 18.7 Å². The number of piperidine rings is 1. The van der Waals surface area contributed by atoms with E-state index in [0.29, 0.717) is 13.0 Å². The number of hydrogen-bond donors (Lipinski definition) is 3. The number of nitrogens with zero attached hydrogens (tertiary/aromatic N) is 1. The average molecular weight is 348 g/mol. The van der Waals surface area contributed by atoms with Crippen molar-refractivity contribution in [2.24, 2.45) is 5.92 Å². The monoisotopic (exact) mass is 347 g/mol. The molecule has 0 saturated carbocycles. The molecule has 0 radical (unpaired) electrons. The highest BCUT2D eigenvalue weighted by Crippen LogP contribution is 2.18. The number of carbonyl (C=O) groups excluding carboxylic acids is 1. The van der Waals surface area contributed by atoms with E-state index in [4.69, 9.17) is 5.11 Å². The maximum absolute atomic E-state index is 12.0. The zero-order valence-corrected chi connectivity index (χ0v) is 15.6. The summed E-state index contributed by atoms with van der Waals surface area (Å²) in [5.41, 5.74) is 2.43. The summed E-state index contributed by atoms with van der Waals surface area (Å²) in [6.45, 7) is 8.29. The van der Waals surface area contributed by atoms with Crippen LogP contribution in [0.15, 0.2) is 24.3 Å². The predicted molar refractivity (Wildman–Crippen MR) is 101 cm³/mol. The van der Waals surface area contributed by atoms with Crippen LogP contribution in [0.4, 0.5) is 4.79 Å². The summed E-state index contributed by atoms with van der Waals surface area (Å²) < 4.78 is 0. The quantitative estimate of drug-likeness (QED) is 0.677. The summed E-state index contributed by atoms with van der Waals surface area (Å²) in [5.74, 6) is 0.850. The number of likely N-dealkylation sites (tertiary alicyclic amines) is 1. The first-order chi connectivity index (χ1) is 12.1. The van der Waals surface area contributed by atoms with Crippen molar-refractivity contribution in [3.63, 3.8) is 0 Å². The molecule has 1 saturated heterocycles. The van der Waals surface area contributed by atoms with Crippen LogP contribution in [0.1, 0.15) is 50.7 Å². The van der Waals surface area contributed by atoms with Crippen molar-refractivity contribution >= 4 is 6.03 Å². The zero-order chi connectivity index (χ0) is 18.1. The van der Waals surface area contributed by atoms with Crippen molar-refractivity contribution < 1.29 is 9.90 Å². The van der Waals surface area contributed by atoms with Crippen LogP contribution < -0.4 is 10.6 Å². The second kappa shape index (κ2) is 10.4. The van der Waals surface area contributed by atoms with Gasteiger partial charge in [-0.1, -0.05) is 38.1 Å². The van der Waals surface area contributed by atoms with E-state index < -0.39 is 0 Å². The van der Waals surface area contributed by atoms with Gasteiger partial charge in [0.2, 0.25) is 0 Å². The Kier molecular flexibility index (Phi) is 8.22. The highest BCUT2D eigenvalue weighted by molar-refractivity contribution is 5.74. The van der Waals surface area contributed by atoms with Crippen LogP contribution in [0.3, 0.4) is 0 Å². The van der Waals surface area contributed by atoms with Crippen LogP contribution >= 0.6 is 0 Å². The van der Waals surface area contributed by atoms with Gasteiger partial charge in [0.15, 0.2) is 0 Å². The van der Waals surface area contributed by atoms with Crippen molar-refractivity contribution in [3.8, 4) is 0 Å². The molecule has 3 N–H and O–H groups in total. The van der Waals surface area contributed by atoms with Gasteiger partial charge in [-0.3, -0.25) is 4.90 Å². The van der Waals surface area contributed by atoms with E-state index in [0.717, 1.165) is 24.4 Å². The Morgan fingerprint density at radius 3 is 2.72 bits per heavy atom. The van der Waals surface area contributed by atoms with E-state index in [2.05, 4.69) is 40.7 Å². The minimum Gasteiger partial charge on any atom is -0.396 e. The summed E-state index contributed by atoms with van der Waals surface area (Å²) in [4.78, 5) is 14.5. The van der Waals surface area contributed by atoms with E-state index >= 15 is 0 Å². The lowest BCUT2D eigenvalue weighted by molar-refractivity contribution is 0.185. The Morgan fingerprint density at radius 2 is 2.04 bits per heavy atom. The topological polar surface area (TPSA) is 64.6 Å². The Labute approximate surface area is 151 Å². The molecule has 2 rings (SSSR count). The van der Waals surface area contributed by atoms with Crippen molar-refractivity contribution in [1.82, 2.24) is 15.5 Å². The second-order valence-corrected chi connectivity index (χ2v) is 7.22. The molecule has 5 nitrogen and oxygen atoms in total. The average Bonchev–Trinajstić information content (AvgIpc) is 2.62. The number of nitrogens with one attached hydrogen (secondary N) is 2. The molecule has 1 aromatic carbocycles. The van der Waals surface area contributed by atoms with E-state index in [1.807, 2.05) is 13.0 Å². The van der Waals surface area contributed by atoms with Gasteiger partial charge < -0.3 is 15.7 Å². The van der Waals surface area contributed by atoms with Crippen molar-refractivity contribution in [3.05, 3.63) is 35.4 Å². The fourth-order valence-electron chi connectivity index (χ4n) is 3.27. The first-order valence-electron chi connectivity index (χ1n) is 9.56. The van der Waals surface area contributed by atoms with Crippen LogP contribution in [0, 0.1) is 5.92 Å². The van der Waals surface area contributed by atoms with E-state index in [1.54, 1.807) is 0 Å². The summed E-state index contributed by atoms with van der Waals surface area (Å²) in [5, 5.41) is 14.8. The van der Waals surface area contributed by atoms with E-state index in [1.165, 1.54) is 31.5 Å². The molecule has 140 valence electrons. The lowest BCUT2D eigenvalue weighted by atomic mass is 9.98. The Morgan fingerprint density at radius 1 is 1.32 bits per heavy atom. The molecule has 1 atom stereocenters. The number of rotatable bonds is 8. The largest absolute Gasteiger partial charge is 0.396 e. The van der Waals surface area contributed by atoms with Gasteiger partial charge >= 0.3 is 6.03 Å². The van der Waals surface area contributed by atoms with Gasteiger partial charge in [0.1, 0.15) is 0 Å². The lowest BCUT2D eigenvalue weighted by Crippen LogP contribution is -2.41. The fourth-order valence-corrected chi connectivity index (χ4v) is 3.27. The van der Waals surface area contributed by atoms with Gasteiger partial charge in [-0.2, -0.15) is 0 Å². The third-order valence-electron chi connectivity index (χ3n) is 5.03. The predicted octanol–water partition coefficient (Wildman–Crippen LogP) is 2.88. The molecule has 2 amide bonds. The van der Waals surface area contributed by atoms with Crippen LogP contribution in [-0.2, 0) is 13.1 Å². The molecule has 1 aromatic rings. The molecule has 1 aliphatic heterocycles. The molecule has 1 fully saturated rings. The number of hydrogen-bond acceptors (Lipinski definition) is 3. The van der Waals surface area contributed by atoms with Crippen molar-refractivity contribution in [2.45, 2.75) is 58.7 Å². The second-order valence-electron chi connectivity index (χ2n) is 7.22. The minimum absolute atomic E-state index is 0.0258. The molecule has 5 heteroatoms. The van der Waals surface area contributed by atoms with Crippen LogP contribution in [0.25, 0.3) is 0 Å². The fraction of sp³-hybridized carbons (Fsp3) is 0.650. The lowest BCUT2D eigenvalue weighted by Gasteiger charge is -2.30. The molecule has 0 aliphatic carbocycles. The van der Waals surface area contributed by atoms with Gasteiger partial charge in [0, 0.05) is 25.7 Å². The molecule has 1 unspecified atom stereocenters. The SMILES string of the molecule is CCC(CCO)NC(=O)NCc1cccc(CN2CCC(C)CC2)c1. The highest BCUT2D eigenvalue weighted by Gasteiger charge is 2.15. The third-order valence-corrected chi connectivity index (χ3v) is 5.03. The molecule has 0 aromatic heterocycles. The van der Waals surface area contributed by atoms with Gasteiger partial charge in [-0.05, 0) is 55.8 Å². The van der Waals surface area contributed by atoms with Crippen LogP contribution in [-0.4, -0.2) is 41.8 Å². The van der Waals surface area contributed by atoms with Crippen molar-refractivity contribution in [2.75, 3.05) is 19.7 Å². The van der Waals surface area contributed by atoms with Gasteiger partial charge in [0.25, 0.3) is 0 Å². The maximum atomic E-state index is 12.0. The number of aliphatic hydroxyl groups excluding tert-OH is 1. The van der Waals surface area contributed by atoms with Gasteiger partial charge in [0.05, 0.1) is 0 Å². The molecule has 0 spiro atoms. The van der Waals surface area contributed by atoms with Crippen molar-refractivity contribution in [1.29, 1.82) is 0 Å². The molecular weight excluding hydrogens is 314 g/mol. The van der Waals surface area contributed by atoms with Gasteiger partial charge in [-0.25, -0.2) is 4.79 Å². The first-order valence-corrected chi connectivity index (χ1v) is 9.56. The van der Waals surface area contributed by atoms with E-state index in [9.17, 15) is 4.79 Å². The molecular formula is C20H33N3O2. The molecule has 1 aliphatic rings.